The Bertz CT molecular complexity index is 898. The van der Waals surface area contributed by atoms with Gasteiger partial charge in [-0.15, -0.1) is 0 Å². The van der Waals surface area contributed by atoms with E-state index in [0.717, 1.165) is 16.9 Å². The van der Waals surface area contributed by atoms with E-state index in [1.807, 2.05) is 36.5 Å². The molecule has 0 aliphatic heterocycles. The van der Waals surface area contributed by atoms with E-state index in [2.05, 4.69) is 5.10 Å². The van der Waals surface area contributed by atoms with E-state index < -0.39 is 9.84 Å². The van der Waals surface area contributed by atoms with Gasteiger partial charge in [-0.25, -0.2) is 13.1 Å². The lowest BCUT2D eigenvalue weighted by molar-refractivity contribution is 0.602. The van der Waals surface area contributed by atoms with Crippen LogP contribution in [0.5, 0.6) is 0 Å². The third kappa shape index (κ3) is 3.05. The maximum atomic E-state index is 11.5. The second-order valence-electron chi connectivity index (χ2n) is 4.92. The van der Waals surface area contributed by atoms with Crippen molar-refractivity contribution in [3.63, 3.8) is 0 Å². The molecule has 4 nitrogen and oxygen atoms in total. The van der Waals surface area contributed by atoms with Crippen LogP contribution in [-0.4, -0.2) is 24.5 Å². The van der Waals surface area contributed by atoms with E-state index in [4.69, 9.17) is 11.6 Å². The Morgan fingerprint density at radius 3 is 2.18 bits per heavy atom. The summed E-state index contributed by atoms with van der Waals surface area (Å²) in [6, 6.07) is 16.0. The van der Waals surface area contributed by atoms with Crippen LogP contribution in [0.3, 0.4) is 0 Å². The highest BCUT2D eigenvalue weighted by molar-refractivity contribution is 7.90. The van der Waals surface area contributed by atoms with E-state index in [0.29, 0.717) is 9.92 Å². The van der Waals surface area contributed by atoms with E-state index >= 15 is 0 Å². The van der Waals surface area contributed by atoms with Crippen LogP contribution in [0.2, 0.25) is 5.02 Å². The molecular weight excluding hydrogens is 320 g/mol. The zero-order valence-electron chi connectivity index (χ0n) is 11.8. The zero-order valence-corrected chi connectivity index (χ0v) is 13.3. The fourth-order valence-electron chi connectivity index (χ4n) is 2.09. The lowest BCUT2D eigenvalue weighted by Gasteiger charge is -2.03. The number of benzene rings is 2. The van der Waals surface area contributed by atoms with Crippen LogP contribution in [0.4, 0.5) is 0 Å². The van der Waals surface area contributed by atoms with Crippen LogP contribution in [-0.2, 0) is 9.84 Å². The minimum atomic E-state index is -3.19. The molecule has 0 fully saturated rings. The van der Waals surface area contributed by atoms with E-state index in [1.54, 1.807) is 28.9 Å². The van der Waals surface area contributed by atoms with Gasteiger partial charge in [0.2, 0.25) is 0 Å². The number of sulfone groups is 1. The lowest BCUT2D eigenvalue weighted by Crippen LogP contribution is -1.99. The lowest BCUT2D eigenvalue weighted by atomic mass is 10.2. The van der Waals surface area contributed by atoms with Crippen molar-refractivity contribution in [2.24, 2.45) is 0 Å². The smallest absolute Gasteiger partial charge is 0.175 e. The van der Waals surface area contributed by atoms with Gasteiger partial charge in [-0.2, -0.15) is 5.10 Å². The first kappa shape index (κ1) is 14.8. The van der Waals surface area contributed by atoms with Crippen LogP contribution >= 0.6 is 11.6 Å². The molecule has 0 spiro atoms. The fraction of sp³-hybridized carbons (Fsp3) is 0.0625. The van der Waals surface area contributed by atoms with Gasteiger partial charge in [0.15, 0.2) is 9.84 Å². The molecule has 0 aliphatic rings. The molecule has 6 heteroatoms. The second kappa shape index (κ2) is 5.59. The molecule has 0 N–H and O–H groups in total. The summed E-state index contributed by atoms with van der Waals surface area (Å²) in [6.07, 6.45) is 3.02. The van der Waals surface area contributed by atoms with Crippen molar-refractivity contribution < 1.29 is 8.42 Å². The predicted molar refractivity (Wildman–Crippen MR) is 87.1 cm³/mol. The topological polar surface area (TPSA) is 52.0 Å². The van der Waals surface area contributed by atoms with Gasteiger partial charge in [0.25, 0.3) is 0 Å². The van der Waals surface area contributed by atoms with Crippen molar-refractivity contribution in [3.8, 4) is 16.9 Å². The van der Waals surface area contributed by atoms with Gasteiger partial charge in [-0.1, -0.05) is 23.7 Å². The van der Waals surface area contributed by atoms with E-state index in [-0.39, 0.29) is 0 Å². The third-order valence-electron chi connectivity index (χ3n) is 3.26. The number of rotatable bonds is 3. The Morgan fingerprint density at radius 1 is 0.955 bits per heavy atom. The summed E-state index contributed by atoms with van der Waals surface area (Å²) >= 11 is 5.88. The Kier molecular flexibility index (Phi) is 3.76. The molecule has 1 heterocycles. The van der Waals surface area contributed by atoms with Gasteiger partial charge in [-0.3, -0.25) is 0 Å². The van der Waals surface area contributed by atoms with Crippen molar-refractivity contribution >= 4 is 21.4 Å². The van der Waals surface area contributed by atoms with E-state index in [9.17, 15) is 8.42 Å². The number of aromatic nitrogens is 2. The van der Waals surface area contributed by atoms with Crippen molar-refractivity contribution in [2.45, 2.75) is 4.90 Å². The van der Waals surface area contributed by atoms with Crippen molar-refractivity contribution in [2.75, 3.05) is 6.26 Å². The molecule has 112 valence electrons. The predicted octanol–water partition coefficient (Wildman–Crippen LogP) is 3.60. The highest BCUT2D eigenvalue weighted by Gasteiger charge is 2.08. The van der Waals surface area contributed by atoms with Gasteiger partial charge in [-0.05, 0) is 42.5 Å². The molecule has 0 saturated heterocycles. The van der Waals surface area contributed by atoms with Crippen LogP contribution in [0.15, 0.2) is 65.7 Å². The monoisotopic (exact) mass is 332 g/mol. The summed E-state index contributed by atoms with van der Waals surface area (Å²) in [4.78, 5) is 0.293. The van der Waals surface area contributed by atoms with Crippen LogP contribution in [0.25, 0.3) is 16.9 Å². The SMILES string of the molecule is CS(=O)(=O)c1ccc(-n2ccc(-c3ccc(Cl)cc3)n2)cc1. The summed E-state index contributed by atoms with van der Waals surface area (Å²) in [6.45, 7) is 0. The summed E-state index contributed by atoms with van der Waals surface area (Å²) in [5, 5.41) is 5.18. The molecule has 0 unspecified atom stereocenters. The Labute approximate surface area is 133 Å². The van der Waals surface area contributed by atoms with Gasteiger partial charge in [0, 0.05) is 23.0 Å². The van der Waals surface area contributed by atoms with Gasteiger partial charge in [0.05, 0.1) is 16.3 Å². The van der Waals surface area contributed by atoms with Crippen LogP contribution in [0, 0.1) is 0 Å². The van der Waals surface area contributed by atoms with Crippen molar-refractivity contribution in [1.82, 2.24) is 9.78 Å². The standard InChI is InChI=1S/C16H13ClN2O2S/c1-22(20,21)15-8-6-14(7-9-15)19-11-10-16(18-19)12-2-4-13(17)5-3-12/h2-11H,1H3. The Balaban J connectivity index is 1.92. The van der Waals surface area contributed by atoms with Gasteiger partial charge in [0.1, 0.15) is 0 Å². The third-order valence-corrected chi connectivity index (χ3v) is 4.64. The molecule has 1 aromatic heterocycles. The van der Waals surface area contributed by atoms with E-state index in [1.165, 1.54) is 6.26 Å². The fourth-order valence-corrected chi connectivity index (χ4v) is 2.84. The molecule has 3 rings (SSSR count). The maximum absolute atomic E-state index is 11.5. The maximum Gasteiger partial charge on any atom is 0.175 e. The highest BCUT2D eigenvalue weighted by Crippen LogP contribution is 2.21. The van der Waals surface area contributed by atoms with Crippen LogP contribution < -0.4 is 0 Å². The first-order valence-corrected chi connectivity index (χ1v) is 8.82. The Hall–Kier alpha value is -2.11. The summed E-state index contributed by atoms with van der Waals surface area (Å²) < 4.78 is 24.6. The molecule has 0 bridgehead atoms. The second-order valence-corrected chi connectivity index (χ2v) is 7.37. The number of hydrogen-bond donors (Lipinski definition) is 0. The molecule has 0 amide bonds. The summed E-state index contributed by atoms with van der Waals surface area (Å²) in [7, 11) is -3.19. The molecule has 0 aliphatic carbocycles. The zero-order chi connectivity index (χ0) is 15.7. The largest absolute Gasteiger partial charge is 0.240 e. The van der Waals surface area contributed by atoms with Crippen molar-refractivity contribution in [3.05, 3.63) is 65.8 Å². The minimum Gasteiger partial charge on any atom is -0.240 e. The molecule has 0 saturated carbocycles. The summed E-state index contributed by atoms with van der Waals surface area (Å²) in [5.74, 6) is 0. The highest BCUT2D eigenvalue weighted by atomic mass is 35.5. The number of hydrogen-bond acceptors (Lipinski definition) is 3. The first-order chi connectivity index (χ1) is 10.4. The average molecular weight is 333 g/mol. The normalized spacial score (nSPS) is 11.5. The quantitative estimate of drug-likeness (QED) is 0.736. The van der Waals surface area contributed by atoms with Crippen LogP contribution in [0.1, 0.15) is 0 Å². The van der Waals surface area contributed by atoms with Gasteiger partial charge < -0.3 is 0 Å². The van der Waals surface area contributed by atoms with Gasteiger partial charge >= 0.3 is 0 Å². The molecular formula is C16H13ClN2O2S. The summed E-state index contributed by atoms with van der Waals surface area (Å²) in [5.41, 5.74) is 2.59. The first-order valence-electron chi connectivity index (χ1n) is 6.55. The minimum absolute atomic E-state index is 0.293. The Morgan fingerprint density at radius 2 is 1.59 bits per heavy atom. The number of halogens is 1. The molecule has 2 aromatic carbocycles. The molecule has 0 radical (unpaired) electrons. The number of nitrogens with zero attached hydrogens (tertiary/aromatic N) is 2. The molecule has 3 aromatic rings. The molecule has 0 atom stereocenters. The molecule has 22 heavy (non-hydrogen) atoms. The average Bonchev–Trinajstić information content (AvgIpc) is 2.97. The van der Waals surface area contributed by atoms with Crippen molar-refractivity contribution in [1.29, 1.82) is 0 Å².